The fourth-order valence-corrected chi connectivity index (χ4v) is 14.2. The van der Waals surface area contributed by atoms with Crippen LogP contribution in [-0.2, 0) is 19.3 Å². The Balaban J connectivity index is 1.10. The van der Waals surface area contributed by atoms with Crippen LogP contribution in [0.15, 0.2) is 30.3 Å². The fraction of sp³-hybridized carbons (Fsp3) is 0.673. The summed E-state index contributed by atoms with van der Waals surface area (Å²) in [5, 5.41) is 2.99. The molecule has 328 valence electrons. The summed E-state index contributed by atoms with van der Waals surface area (Å²) in [7, 11) is 0. The normalized spacial score (nSPS) is 11.9. The second-order valence-electron chi connectivity index (χ2n) is 18.3. The molecule has 59 heavy (non-hydrogen) atoms. The Hall–Kier alpha value is -1.46. The van der Waals surface area contributed by atoms with Gasteiger partial charge in [-0.2, -0.15) is 0 Å². The highest BCUT2D eigenvalue weighted by Crippen LogP contribution is 2.47. The van der Waals surface area contributed by atoms with Crippen LogP contribution in [-0.4, -0.2) is 0 Å². The first kappa shape index (κ1) is 48.6. The lowest BCUT2D eigenvalue weighted by atomic mass is 10.0. The summed E-state index contributed by atoms with van der Waals surface area (Å²) in [6, 6.07) is 12.7. The zero-order valence-corrected chi connectivity index (χ0v) is 41.9. The molecule has 0 radical (unpaired) electrons. The summed E-state index contributed by atoms with van der Waals surface area (Å²) in [5.41, 5.74) is 4.79. The quantitative estimate of drug-likeness (QED) is 0.0361. The molecule has 5 aromatic rings. The van der Waals surface area contributed by atoms with E-state index in [0.717, 1.165) is 6.42 Å². The molecule has 0 nitrogen and oxygen atoms in total. The van der Waals surface area contributed by atoms with Gasteiger partial charge in [0.1, 0.15) is 0 Å². The Morgan fingerprint density at radius 2 is 0.746 bits per heavy atom. The number of fused-ring (bicyclic) bond motifs is 2. The highest BCUT2D eigenvalue weighted by atomic mass is 32.1. The van der Waals surface area contributed by atoms with E-state index in [1.807, 2.05) is 22.7 Å². The highest BCUT2D eigenvalue weighted by molar-refractivity contribution is 7.27. The Morgan fingerprint density at radius 3 is 1.15 bits per heavy atom. The lowest BCUT2D eigenvalue weighted by Gasteiger charge is -2.05. The van der Waals surface area contributed by atoms with E-state index >= 15 is 0 Å². The van der Waals surface area contributed by atoms with Crippen molar-refractivity contribution in [2.45, 2.75) is 240 Å². The predicted octanol–water partition coefficient (Wildman–Crippen LogP) is 21.2. The van der Waals surface area contributed by atoms with Gasteiger partial charge in [0.2, 0.25) is 0 Å². The molecule has 0 atom stereocenters. The summed E-state index contributed by atoms with van der Waals surface area (Å²) in [5.74, 6) is 0. The summed E-state index contributed by atoms with van der Waals surface area (Å²) in [4.78, 5) is 9.02. The van der Waals surface area contributed by atoms with Crippen LogP contribution in [0.1, 0.15) is 233 Å². The Bertz CT molecular complexity index is 1730. The molecule has 0 aliphatic carbocycles. The summed E-state index contributed by atoms with van der Waals surface area (Å²) >= 11 is 8.19. The first-order chi connectivity index (χ1) is 29.0. The van der Waals surface area contributed by atoms with Gasteiger partial charge in [-0.25, -0.2) is 0 Å². The first-order valence-electron chi connectivity index (χ1n) is 25.2. The van der Waals surface area contributed by atoms with Gasteiger partial charge in [-0.05, 0) is 104 Å². The number of hydrogen-bond acceptors (Lipinski definition) is 4. The lowest BCUT2D eigenvalue weighted by Crippen LogP contribution is -1.87. The van der Waals surface area contributed by atoms with Crippen LogP contribution in [0.3, 0.4) is 0 Å². The molecule has 0 amide bonds. The van der Waals surface area contributed by atoms with Gasteiger partial charge in [0.15, 0.2) is 0 Å². The number of benzene rings is 1. The van der Waals surface area contributed by atoms with E-state index in [1.165, 1.54) is 239 Å². The van der Waals surface area contributed by atoms with Crippen molar-refractivity contribution in [3.05, 3.63) is 56.8 Å². The predicted molar refractivity (Wildman–Crippen MR) is 275 cm³/mol. The van der Waals surface area contributed by atoms with Gasteiger partial charge in [0.05, 0.1) is 0 Å². The summed E-state index contributed by atoms with van der Waals surface area (Å²) < 4.78 is 3.02. The van der Waals surface area contributed by atoms with Gasteiger partial charge < -0.3 is 0 Å². The highest BCUT2D eigenvalue weighted by Gasteiger charge is 2.19. The number of thiophene rings is 4. The van der Waals surface area contributed by atoms with E-state index in [-0.39, 0.29) is 0 Å². The van der Waals surface area contributed by atoms with E-state index in [2.05, 4.69) is 87.6 Å². The average molecular weight is 874 g/mol. The van der Waals surface area contributed by atoms with Crippen molar-refractivity contribution < 1.29 is 0 Å². The zero-order valence-electron chi connectivity index (χ0n) is 38.6. The fourth-order valence-electron chi connectivity index (χ4n) is 9.42. The molecule has 0 spiro atoms. The Kier molecular flexibility index (Phi) is 23.3. The number of aryl methyl sites for hydroxylation is 5. The monoisotopic (exact) mass is 873 g/mol. The van der Waals surface area contributed by atoms with Crippen molar-refractivity contribution in [2.75, 3.05) is 0 Å². The molecule has 0 saturated carbocycles. The van der Waals surface area contributed by atoms with Crippen molar-refractivity contribution in [1.29, 1.82) is 0 Å². The van der Waals surface area contributed by atoms with Crippen molar-refractivity contribution >= 4 is 65.5 Å². The molecule has 4 heterocycles. The van der Waals surface area contributed by atoms with Crippen LogP contribution in [0.25, 0.3) is 39.7 Å². The molecular weight excluding hydrogens is 789 g/mol. The van der Waals surface area contributed by atoms with Crippen molar-refractivity contribution in [1.82, 2.24) is 0 Å². The van der Waals surface area contributed by atoms with Crippen LogP contribution in [0.5, 0.6) is 0 Å². The van der Waals surface area contributed by atoms with Crippen LogP contribution >= 0.6 is 45.3 Å². The Morgan fingerprint density at radius 1 is 0.356 bits per heavy atom. The summed E-state index contributed by atoms with van der Waals surface area (Å²) in [6.07, 6.45) is 44.7. The molecular formula is C55H84S4. The molecule has 0 bridgehead atoms. The summed E-state index contributed by atoms with van der Waals surface area (Å²) in [6.45, 7) is 11.6. The first-order valence-corrected chi connectivity index (χ1v) is 28.5. The third-order valence-corrected chi connectivity index (χ3v) is 17.7. The molecule has 0 aliphatic heterocycles. The van der Waals surface area contributed by atoms with Crippen LogP contribution in [0.4, 0.5) is 0 Å². The van der Waals surface area contributed by atoms with Gasteiger partial charge in [0, 0.05) is 38.7 Å². The minimum Gasteiger partial charge on any atom is -0.139 e. The van der Waals surface area contributed by atoms with Crippen LogP contribution in [0.2, 0.25) is 0 Å². The molecule has 0 fully saturated rings. The molecule has 1 aromatic carbocycles. The molecule has 0 saturated heterocycles. The SMILES string of the molecule is CCCCCCCCCCCCCCCCc1cc(C)sc1-c1cc2c(CCC)c3sc(-c4sc(C)cc4CCCCCCCCCCCCCCCC)cc3cc2s1. The van der Waals surface area contributed by atoms with Gasteiger partial charge in [0.25, 0.3) is 0 Å². The van der Waals surface area contributed by atoms with E-state index in [4.69, 9.17) is 0 Å². The Labute approximate surface area is 379 Å². The van der Waals surface area contributed by atoms with Crippen LogP contribution < -0.4 is 0 Å². The smallest absolute Gasteiger partial charge is 0.0477 e. The topological polar surface area (TPSA) is 0 Å². The lowest BCUT2D eigenvalue weighted by molar-refractivity contribution is 0.535. The maximum Gasteiger partial charge on any atom is 0.0477 e. The second-order valence-corrected chi connectivity index (χ2v) is 22.9. The number of rotatable bonds is 34. The molecule has 0 N–H and O–H groups in total. The van der Waals surface area contributed by atoms with E-state index in [1.54, 1.807) is 26.4 Å². The standard InChI is InChI=1S/C55H84S4/c1-6-9-11-13-15-17-19-21-23-25-27-29-31-33-36-45-38-43(4)56-54(45)51-41-47-40-50-49(48(35-8-3)53(47)59-51)42-52(58-50)55-46(39-44(5)57-55)37-34-32-30-28-26-24-22-20-18-16-14-12-10-7-2/h38-42H,6-37H2,1-5H3. The molecule has 0 aliphatic rings. The van der Waals surface area contributed by atoms with Gasteiger partial charge in [-0.15, -0.1) is 45.3 Å². The third-order valence-electron chi connectivity index (χ3n) is 12.8. The van der Waals surface area contributed by atoms with Crippen molar-refractivity contribution in [2.24, 2.45) is 0 Å². The minimum atomic E-state index is 1.16. The third kappa shape index (κ3) is 16.3. The second kappa shape index (κ2) is 28.3. The maximum atomic E-state index is 2.58. The average Bonchev–Trinajstić information content (AvgIpc) is 4.03. The van der Waals surface area contributed by atoms with E-state index in [0.29, 0.717) is 0 Å². The van der Waals surface area contributed by atoms with E-state index in [9.17, 15) is 0 Å². The number of unbranched alkanes of at least 4 members (excludes halogenated alkanes) is 26. The van der Waals surface area contributed by atoms with Crippen molar-refractivity contribution in [3.8, 4) is 19.5 Å². The minimum absolute atomic E-state index is 1.16. The van der Waals surface area contributed by atoms with Crippen molar-refractivity contribution in [3.63, 3.8) is 0 Å². The molecule has 4 heteroatoms. The van der Waals surface area contributed by atoms with Gasteiger partial charge in [-0.3, -0.25) is 0 Å². The zero-order chi connectivity index (χ0) is 41.5. The van der Waals surface area contributed by atoms with E-state index < -0.39 is 0 Å². The van der Waals surface area contributed by atoms with Gasteiger partial charge in [-0.1, -0.05) is 194 Å². The molecule has 5 rings (SSSR count). The molecule has 0 unspecified atom stereocenters. The van der Waals surface area contributed by atoms with Gasteiger partial charge >= 0.3 is 0 Å². The maximum absolute atomic E-state index is 2.58. The van der Waals surface area contributed by atoms with Crippen LogP contribution in [0, 0.1) is 13.8 Å². The largest absolute Gasteiger partial charge is 0.139 e. The number of hydrogen-bond donors (Lipinski definition) is 0. The molecule has 4 aromatic heterocycles.